The van der Waals surface area contributed by atoms with Crippen LogP contribution in [-0.2, 0) is 16.1 Å². The molecule has 0 spiro atoms. The van der Waals surface area contributed by atoms with Gasteiger partial charge < -0.3 is 19.7 Å². The maximum Gasteiger partial charge on any atom is 0.330 e. The van der Waals surface area contributed by atoms with E-state index in [0.717, 1.165) is 0 Å². The van der Waals surface area contributed by atoms with Crippen LogP contribution >= 0.6 is 0 Å². The summed E-state index contributed by atoms with van der Waals surface area (Å²) in [4.78, 5) is 3.91. The maximum atomic E-state index is 12.6. The molecule has 0 radical (unpaired) electrons. The van der Waals surface area contributed by atoms with Crippen LogP contribution in [0.2, 0.25) is 0 Å². The van der Waals surface area contributed by atoms with Crippen LogP contribution in [-0.4, -0.2) is 48.4 Å². The van der Waals surface area contributed by atoms with Crippen LogP contribution in [0, 0.1) is 0 Å². The minimum atomic E-state index is -4.20. The van der Waals surface area contributed by atoms with Gasteiger partial charge in [0.2, 0.25) is 5.89 Å². The molecule has 1 aromatic rings. The first-order chi connectivity index (χ1) is 9.40. The SMILES string of the molecule is NC1COCC1c1nc(COCC(F)(F)C(F)F)no1. The summed E-state index contributed by atoms with van der Waals surface area (Å²) in [5.41, 5.74) is 5.74. The number of hydrogen-bond donors (Lipinski definition) is 1. The molecule has 0 amide bonds. The van der Waals surface area contributed by atoms with Gasteiger partial charge in [-0.05, 0) is 0 Å². The molecule has 2 unspecified atom stereocenters. The van der Waals surface area contributed by atoms with Crippen molar-refractivity contribution >= 4 is 0 Å². The third kappa shape index (κ3) is 3.44. The molecule has 2 rings (SSSR count). The predicted octanol–water partition coefficient (Wildman–Crippen LogP) is 0.928. The molecule has 10 heteroatoms. The molecule has 2 N–H and O–H groups in total. The first kappa shape index (κ1) is 15.1. The van der Waals surface area contributed by atoms with Gasteiger partial charge in [-0.15, -0.1) is 0 Å². The van der Waals surface area contributed by atoms with Gasteiger partial charge in [0.1, 0.15) is 13.2 Å². The van der Waals surface area contributed by atoms with E-state index in [1.54, 1.807) is 0 Å². The van der Waals surface area contributed by atoms with E-state index in [0.29, 0.717) is 13.2 Å². The third-order valence-electron chi connectivity index (χ3n) is 2.77. The van der Waals surface area contributed by atoms with E-state index in [-0.39, 0.29) is 23.7 Å². The summed E-state index contributed by atoms with van der Waals surface area (Å²) in [6.45, 7) is -1.18. The lowest BCUT2D eigenvalue weighted by Crippen LogP contribution is -2.32. The van der Waals surface area contributed by atoms with Crippen molar-refractivity contribution in [2.24, 2.45) is 5.73 Å². The lowest BCUT2D eigenvalue weighted by molar-refractivity contribution is -0.168. The van der Waals surface area contributed by atoms with Gasteiger partial charge in [0.15, 0.2) is 5.82 Å². The Bertz CT molecular complexity index is 443. The Labute approximate surface area is 111 Å². The Morgan fingerprint density at radius 1 is 1.40 bits per heavy atom. The number of ether oxygens (including phenoxy) is 2. The second kappa shape index (κ2) is 6.02. The Morgan fingerprint density at radius 2 is 2.15 bits per heavy atom. The smallest absolute Gasteiger partial charge is 0.330 e. The molecular formula is C10H13F4N3O3. The van der Waals surface area contributed by atoms with Gasteiger partial charge in [0.25, 0.3) is 0 Å². The van der Waals surface area contributed by atoms with Crippen molar-refractivity contribution in [1.82, 2.24) is 10.1 Å². The number of nitrogens with two attached hydrogens (primary N) is 1. The molecule has 20 heavy (non-hydrogen) atoms. The highest BCUT2D eigenvalue weighted by Gasteiger charge is 2.41. The van der Waals surface area contributed by atoms with Gasteiger partial charge in [-0.2, -0.15) is 13.8 Å². The molecule has 0 aliphatic carbocycles. The number of rotatable bonds is 6. The number of halogens is 4. The highest BCUT2D eigenvalue weighted by molar-refractivity contribution is 5.01. The third-order valence-corrected chi connectivity index (χ3v) is 2.77. The minimum Gasteiger partial charge on any atom is -0.379 e. The van der Waals surface area contributed by atoms with Crippen LogP contribution in [0.25, 0.3) is 0 Å². The first-order valence-electron chi connectivity index (χ1n) is 5.79. The predicted molar refractivity (Wildman–Crippen MR) is 56.4 cm³/mol. The average molecular weight is 299 g/mol. The van der Waals surface area contributed by atoms with Crippen LogP contribution in [0.5, 0.6) is 0 Å². The molecule has 1 aliphatic rings. The Balaban J connectivity index is 1.84. The second-order valence-corrected chi connectivity index (χ2v) is 4.41. The topological polar surface area (TPSA) is 83.4 Å². The van der Waals surface area contributed by atoms with E-state index >= 15 is 0 Å². The van der Waals surface area contributed by atoms with E-state index < -0.39 is 25.6 Å². The number of hydrogen-bond acceptors (Lipinski definition) is 6. The summed E-state index contributed by atoms with van der Waals surface area (Å²) in [7, 11) is 0. The maximum absolute atomic E-state index is 12.6. The minimum absolute atomic E-state index is 0.0100. The second-order valence-electron chi connectivity index (χ2n) is 4.41. The molecule has 0 aromatic carbocycles. The largest absolute Gasteiger partial charge is 0.379 e. The van der Waals surface area contributed by atoms with Crippen molar-refractivity contribution < 1.29 is 31.6 Å². The van der Waals surface area contributed by atoms with Gasteiger partial charge in [-0.1, -0.05) is 5.16 Å². The summed E-state index contributed by atoms with van der Waals surface area (Å²) in [6.07, 6.45) is -3.78. The van der Waals surface area contributed by atoms with Gasteiger partial charge in [-0.3, -0.25) is 0 Å². The monoisotopic (exact) mass is 299 g/mol. The Morgan fingerprint density at radius 3 is 2.75 bits per heavy atom. The molecule has 1 fully saturated rings. The summed E-state index contributed by atoms with van der Waals surface area (Å²) in [5.74, 6) is -4.26. The van der Waals surface area contributed by atoms with Crippen LogP contribution in [0.1, 0.15) is 17.6 Å². The zero-order valence-electron chi connectivity index (χ0n) is 10.3. The van der Waals surface area contributed by atoms with Crippen molar-refractivity contribution in [3.8, 4) is 0 Å². The fourth-order valence-corrected chi connectivity index (χ4v) is 1.64. The Hall–Kier alpha value is -1.26. The fraction of sp³-hybridized carbons (Fsp3) is 0.800. The summed E-state index contributed by atoms with van der Waals surface area (Å²) < 4.78 is 63.4. The lowest BCUT2D eigenvalue weighted by Gasteiger charge is -2.14. The van der Waals surface area contributed by atoms with Crippen molar-refractivity contribution in [1.29, 1.82) is 0 Å². The zero-order valence-corrected chi connectivity index (χ0v) is 10.3. The molecule has 2 heterocycles. The molecule has 0 saturated carbocycles. The normalized spacial score (nSPS) is 23.7. The van der Waals surface area contributed by atoms with Crippen LogP contribution in [0.3, 0.4) is 0 Å². The standard InChI is InChI=1S/C10H13F4N3O3/c11-9(12)10(13,14)4-19-3-7-16-8(20-17-7)5-1-18-2-6(5)15/h5-6,9H,1-4,15H2. The van der Waals surface area contributed by atoms with Crippen molar-refractivity contribution in [3.05, 3.63) is 11.7 Å². The van der Waals surface area contributed by atoms with Gasteiger partial charge in [0, 0.05) is 6.04 Å². The van der Waals surface area contributed by atoms with Gasteiger partial charge in [0.05, 0.1) is 19.1 Å². The molecule has 6 nitrogen and oxygen atoms in total. The van der Waals surface area contributed by atoms with E-state index in [1.165, 1.54) is 0 Å². The van der Waals surface area contributed by atoms with Crippen molar-refractivity contribution in [2.45, 2.75) is 30.9 Å². The quantitative estimate of drug-likeness (QED) is 0.787. The number of aromatic nitrogens is 2. The molecule has 1 saturated heterocycles. The first-order valence-corrected chi connectivity index (χ1v) is 5.79. The van der Waals surface area contributed by atoms with Gasteiger partial charge >= 0.3 is 12.3 Å². The van der Waals surface area contributed by atoms with Crippen LogP contribution in [0.4, 0.5) is 17.6 Å². The Kier molecular flexibility index (Phi) is 4.55. The van der Waals surface area contributed by atoms with E-state index in [2.05, 4.69) is 14.9 Å². The van der Waals surface area contributed by atoms with Crippen molar-refractivity contribution in [2.75, 3.05) is 19.8 Å². The number of nitrogens with zero attached hydrogens (tertiary/aromatic N) is 2. The summed E-state index contributed by atoms with van der Waals surface area (Å²) in [5, 5.41) is 3.51. The van der Waals surface area contributed by atoms with Crippen LogP contribution < -0.4 is 5.73 Å². The molecule has 2 atom stereocenters. The fourth-order valence-electron chi connectivity index (χ4n) is 1.64. The average Bonchev–Trinajstić information content (AvgIpc) is 2.97. The van der Waals surface area contributed by atoms with E-state index in [9.17, 15) is 17.6 Å². The van der Waals surface area contributed by atoms with E-state index in [4.69, 9.17) is 15.0 Å². The lowest BCUT2D eigenvalue weighted by atomic mass is 10.1. The van der Waals surface area contributed by atoms with Crippen molar-refractivity contribution in [3.63, 3.8) is 0 Å². The van der Waals surface area contributed by atoms with Gasteiger partial charge in [-0.25, -0.2) is 8.78 Å². The molecule has 1 aliphatic heterocycles. The van der Waals surface area contributed by atoms with Crippen LogP contribution in [0.15, 0.2) is 4.52 Å². The molecular weight excluding hydrogens is 286 g/mol. The summed E-state index contributed by atoms with van der Waals surface area (Å²) >= 11 is 0. The zero-order chi connectivity index (χ0) is 14.8. The highest BCUT2D eigenvalue weighted by Crippen LogP contribution is 2.24. The number of alkyl halides is 4. The molecule has 0 bridgehead atoms. The highest BCUT2D eigenvalue weighted by atomic mass is 19.3. The summed E-state index contributed by atoms with van der Waals surface area (Å²) in [6, 6.07) is -0.285. The molecule has 114 valence electrons. The molecule has 1 aromatic heterocycles. The van der Waals surface area contributed by atoms with E-state index in [1.807, 2.05) is 0 Å².